The minimum Gasteiger partial charge on any atom is -0.462 e. The maximum atomic E-state index is 12.3. The summed E-state index contributed by atoms with van der Waals surface area (Å²) in [6.45, 7) is 10.7. The molecule has 164 valence electrons. The number of rotatable bonds is 2. The van der Waals surface area contributed by atoms with Gasteiger partial charge in [0.1, 0.15) is 18.3 Å². The summed E-state index contributed by atoms with van der Waals surface area (Å²) < 4.78 is 17.3. The van der Waals surface area contributed by atoms with E-state index in [0.717, 1.165) is 16.7 Å². The molecule has 2 aliphatic carbocycles. The van der Waals surface area contributed by atoms with E-state index in [1.807, 2.05) is 13.0 Å². The molecule has 0 aromatic rings. The number of allylic oxidation sites excluding steroid dienone is 2. The van der Waals surface area contributed by atoms with Crippen molar-refractivity contribution >= 4 is 17.9 Å². The number of fused-ring (bicyclic) bond motifs is 2. The summed E-state index contributed by atoms with van der Waals surface area (Å²) in [7, 11) is 0. The number of ether oxygens (including phenoxy) is 3. The van der Waals surface area contributed by atoms with Gasteiger partial charge in [0.25, 0.3) is 0 Å². The summed E-state index contributed by atoms with van der Waals surface area (Å²) in [6, 6.07) is 0. The zero-order valence-electron chi connectivity index (χ0n) is 18.7. The zero-order chi connectivity index (χ0) is 22.2. The quantitative estimate of drug-likeness (QED) is 0.381. The van der Waals surface area contributed by atoms with Crippen LogP contribution in [-0.4, -0.2) is 36.2 Å². The fourth-order valence-electron chi connectivity index (χ4n) is 5.23. The van der Waals surface area contributed by atoms with Crippen LogP contribution >= 0.6 is 0 Å². The zero-order valence-corrected chi connectivity index (χ0v) is 18.7. The van der Waals surface area contributed by atoms with Gasteiger partial charge >= 0.3 is 17.9 Å². The van der Waals surface area contributed by atoms with Gasteiger partial charge in [-0.2, -0.15) is 0 Å². The predicted octanol–water partition coefficient (Wildman–Crippen LogP) is 4.19. The van der Waals surface area contributed by atoms with Gasteiger partial charge in [-0.05, 0) is 57.6 Å². The molecule has 0 aromatic heterocycles. The molecule has 0 aromatic carbocycles. The van der Waals surface area contributed by atoms with Gasteiger partial charge in [-0.25, -0.2) is 4.79 Å². The van der Waals surface area contributed by atoms with Crippen LogP contribution in [0.4, 0.5) is 0 Å². The third kappa shape index (κ3) is 4.09. The average molecular weight is 417 g/mol. The maximum Gasteiger partial charge on any atom is 0.334 e. The number of carbonyl (C=O) groups is 3. The van der Waals surface area contributed by atoms with Gasteiger partial charge in [0.15, 0.2) is 0 Å². The van der Waals surface area contributed by atoms with Crippen LogP contribution in [0.2, 0.25) is 0 Å². The first-order valence-corrected chi connectivity index (χ1v) is 10.6. The fourth-order valence-corrected chi connectivity index (χ4v) is 5.23. The molecule has 0 unspecified atom stereocenters. The second kappa shape index (κ2) is 8.40. The van der Waals surface area contributed by atoms with Crippen LogP contribution in [0, 0.1) is 11.3 Å². The summed E-state index contributed by atoms with van der Waals surface area (Å²) in [6.07, 6.45) is 5.34. The summed E-state index contributed by atoms with van der Waals surface area (Å²) in [5.74, 6) is -1.05. The normalized spacial score (nSPS) is 35.9. The van der Waals surface area contributed by atoms with Crippen LogP contribution in [0.15, 0.2) is 34.4 Å². The molecule has 0 N–H and O–H groups in total. The molecule has 0 spiro atoms. The molecule has 5 atom stereocenters. The van der Waals surface area contributed by atoms with E-state index in [1.165, 1.54) is 13.8 Å². The van der Waals surface area contributed by atoms with Gasteiger partial charge < -0.3 is 14.2 Å². The van der Waals surface area contributed by atoms with Crippen LogP contribution in [0.25, 0.3) is 0 Å². The molecule has 0 radical (unpaired) electrons. The Bertz CT molecular complexity index is 848. The summed E-state index contributed by atoms with van der Waals surface area (Å²) >= 11 is 0. The monoisotopic (exact) mass is 416 g/mol. The Kier molecular flexibility index (Phi) is 6.25. The Morgan fingerprint density at radius 1 is 1.10 bits per heavy atom. The Hall–Kier alpha value is -2.37. The highest BCUT2D eigenvalue weighted by Gasteiger charge is 2.53. The summed E-state index contributed by atoms with van der Waals surface area (Å²) in [4.78, 5) is 36.3. The molecule has 6 heteroatoms. The van der Waals surface area contributed by atoms with Gasteiger partial charge in [0, 0.05) is 31.3 Å². The standard InChI is InChI=1S/C24H32O6/c1-13-7-9-21(28-16(4)25)24(6)19(14(2)8-10-22(24)29-17(5)26)12-18-15(3)23(27)30-20(18)11-13/h8,11,19-22H,7,9-10,12H2,1-6H3/b13-11-/t19-,20-,21+,22-,24-/m0/s1. The van der Waals surface area contributed by atoms with Crippen molar-refractivity contribution in [1.82, 2.24) is 0 Å². The first kappa shape index (κ1) is 22.3. The number of hydrogen-bond donors (Lipinski definition) is 0. The lowest BCUT2D eigenvalue weighted by Gasteiger charge is -2.50. The Morgan fingerprint density at radius 2 is 1.73 bits per heavy atom. The van der Waals surface area contributed by atoms with E-state index in [-0.39, 0.29) is 29.9 Å². The van der Waals surface area contributed by atoms with Gasteiger partial charge in [-0.1, -0.05) is 24.1 Å². The molecule has 0 bridgehead atoms. The highest BCUT2D eigenvalue weighted by Crippen LogP contribution is 2.52. The lowest BCUT2D eigenvalue weighted by atomic mass is 9.59. The van der Waals surface area contributed by atoms with Crippen molar-refractivity contribution in [2.45, 2.75) is 85.5 Å². The van der Waals surface area contributed by atoms with Crippen molar-refractivity contribution < 1.29 is 28.6 Å². The number of esters is 3. The fraction of sp³-hybridized carbons (Fsp3) is 0.625. The van der Waals surface area contributed by atoms with Crippen molar-refractivity contribution in [1.29, 1.82) is 0 Å². The number of hydrogen-bond acceptors (Lipinski definition) is 6. The molecular formula is C24H32O6. The predicted molar refractivity (Wildman–Crippen MR) is 111 cm³/mol. The highest BCUT2D eigenvalue weighted by molar-refractivity contribution is 5.92. The second-order valence-corrected chi connectivity index (χ2v) is 9.03. The Labute approximate surface area is 178 Å². The third-order valence-corrected chi connectivity index (χ3v) is 6.98. The lowest BCUT2D eigenvalue weighted by molar-refractivity contribution is -0.178. The average Bonchev–Trinajstić information content (AvgIpc) is 2.90. The van der Waals surface area contributed by atoms with Gasteiger partial charge in [0.05, 0.1) is 0 Å². The van der Waals surface area contributed by atoms with Gasteiger partial charge in [-0.15, -0.1) is 0 Å². The first-order valence-electron chi connectivity index (χ1n) is 10.6. The first-order chi connectivity index (χ1) is 14.0. The minimum absolute atomic E-state index is 0.0614. The number of carbonyl (C=O) groups excluding carboxylic acids is 3. The van der Waals surface area contributed by atoms with Crippen LogP contribution in [-0.2, 0) is 28.6 Å². The summed E-state index contributed by atoms with van der Waals surface area (Å²) in [5.41, 5.74) is 3.19. The molecule has 0 saturated carbocycles. The SMILES string of the molecule is CC(=O)O[C@H]1CC=C(C)[C@@H]2CC3=C(C)C(=O)O[C@H]3/C=C(/C)CC[C@@H](OC(C)=O)[C@@]12C. The van der Waals surface area contributed by atoms with Crippen molar-refractivity contribution in [3.63, 3.8) is 0 Å². The Morgan fingerprint density at radius 3 is 2.37 bits per heavy atom. The smallest absolute Gasteiger partial charge is 0.334 e. The van der Waals surface area contributed by atoms with E-state index in [1.54, 1.807) is 6.92 Å². The molecule has 0 amide bonds. The lowest BCUT2D eigenvalue weighted by Crippen LogP contribution is -2.53. The Balaban J connectivity index is 2.16. The van der Waals surface area contributed by atoms with Crippen LogP contribution in [0.1, 0.15) is 67.2 Å². The van der Waals surface area contributed by atoms with E-state index in [4.69, 9.17) is 14.2 Å². The van der Waals surface area contributed by atoms with Crippen LogP contribution < -0.4 is 0 Å². The largest absolute Gasteiger partial charge is 0.462 e. The molecule has 0 fully saturated rings. The van der Waals surface area contributed by atoms with E-state index >= 15 is 0 Å². The second-order valence-electron chi connectivity index (χ2n) is 9.03. The van der Waals surface area contributed by atoms with E-state index in [9.17, 15) is 14.4 Å². The maximum absolute atomic E-state index is 12.3. The van der Waals surface area contributed by atoms with Crippen molar-refractivity contribution in [2.75, 3.05) is 0 Å². The van der Waals surface area contributed by atoms with Gasteiger partial charge in [0.2, 0.25) is 0 Å². The molecule has 6 nitrogen and oxygen atoms in total. The highest BCUT2D eigenvalue weighted by atomic mass is 16.6. The minimum atomic E-state index is -0.628. The van der Waals surface area contributed by atoms with E-state index < -0.39 is 17.6 Å². The molecule has 0 saturated heterocycles. The van der Waals surface area contributed by atoms with E-state index in [0.29, 0.717) is 31.3 Å². The van der Waals surface area contributed by atoms with E-state index in [2.05, 4.69) is 19.9 Å². The molecule has 3 rings (SSSR count). The topological polar surface area (TPSA) is 78.9 Å². The molecular weight excluding hydrogens is 384 g/mol. The van der Waals surface area contributed by atoms with Crippen LogP contribution in [0.5, 0.6) is 0 Å². The summed E-state index contributed by atoms with van der Waals surface area (Å²) in [5, 5.41) is 0. The van der Waals surface area contributed by atoms with Gasteiger partial charge in [-0.3, -0.25) is 9.59 Å². The molecule has 1 aliphatic heterocycles. The van der Waals surface area contributed by atoms with Crippen molar-refractivity contribution in [3.8, 4) is 0 Å². The van der Waals surface area contributed by atoms with Crippen molar-refractivity contribution in [3.05, 3.63) is 34.4 Å². The van der Waals surface area contributed by atoms with Crippen molar-refractivity contribution in [2.24, 2.45) is 11.3 Å². The van der Waals surface area contributed by atoms with Crippen LogP contribution in [0.3, 0.4) is 0 Å². The third-order valence-electron chi connectivity index (χ3n) is 6.98. The molecule has 1 heterocycles. The molecule has 30 heavy (non-hydrogen) atoms. The molecule has 3 aliphatic rings.